The summed E-state index contributed by atoms with van der Waals surface area (Å²) >= 11 is 0. The SMILES string of the molecule is CCOC(=O)c1ccc(N2CCCN(C(=O)c3cccc(F)c3)CC2)nc1. The molecule has 6 nitrogen and oxygen atoms in total. The van der Waals surface area contributed by atoms with Crippen molar-refractivity contribution in [2.75, 3.05) is 37.7 Å². The first-order chi connectivity index (χ1) is 13.1. The molecule has 27 heavy (non-hydrogen) atoms. The third-order valence-electron chi connectivity index (χ3n) is 4.44. The third-order valence-corrected chi connectivity index (χ3v) is 4.44. The molecule has 0 saturated carbocycles. The molecule has 3 rings (SSSR count). The Morgan fingerprint density at radius 3 is 2.67 bits per heavy atom. The molecule has 0 aliphatic carbocycles. The van der Waals surface area contributed by atoms with Crippen LogP contribution in [0.15, 0.2) is 42.6 Å². The van der Waals surface area contributed by atoms with E-state index in [4.69, 9.17) is 4.74 Å². The summed E-state index contributed by atoms with van der Waals surface area (Å²) in [5, 5.41) is 0. The fourth-order valence-electron chi connectivity index (χ4n) is 3.06. The molecule has 0 unspecified atom stereocenters. The van der Waals surface area contributed by atoms with Crippen LogP contribution in [0.5, 0.6) is 0 Å². The van der Waals surface area contributed by atoms with Crippen LogP contribution in [-0.4, -0.2) is 54.5 Å². The summed E-state index contributed by atoms with van der Waals surface area (Å²) in [6.45, 7) is 4.57. The van der Waals surface area contributed by atoms with Crippen molar-refractivity contribution in [2.45, 2.75) is 13.3 Å². The predicted molar refractivity (Wildman–Crippen MR) is 99.3 cm³/mol. The molecule has 1 aromatic carbocycles. The minimum absolute atomic E-state index is 0.165. The number of rotatable bonds is 4. The first-order valence-electron chi connectivity index (χ1n) is 9.01. The van der Waals surface area contributed by atoms with Gasteiger partial charge in [-0.2, -0.15) is 0 Å². The lowest BCUT2D eigenvalue weighted by molar-refractivity contribution is 0.0525. The number of aromatic nitrogens is 1. The topological polar surface area (TPSA) is 62.7 Å². The molecular formula is C20H22FN3O3. The monoisotopic (exact) mass is 371 g/mol. The number of carbonyl (C=O) groups is 2. The second kappa shape index (κ2) is 8.62. The number of benzene rings is 1. The number of nitrogens with zero attached hydrogens (tertiary/aromatic N) is 3. The molecular weight excluding hydrogens is 349 g/mol. The highest BCUT2D eigenvalue weighted by molar-refractivity contribution is 5.94. The highest BCUT2D eigenvalue weighted by Gasteiger charge is 2.21. The number of esters is 1. The lowest BCUT2D eigenvalue weighted by atomic mass is 10.2. The Bertz CT molecular complexity index is 810. The molecule has 1 fully saturated rings. The zero-order valence-electron chi connectivity index (χ0n) is 15.2. The van der Waals surface area contributed by atoms with E-state index < -0.39 is 5.82 Å². The van der Waals surface area contributed by atoms with Gasteiger partial charge in [-0.25, -0.2) is 14.2 Å². The Morgan fingerprint density at radius 2 is 1.96 bits per heavy atom. The summed E-state index contributed by atoms with van der Waals surface area (Å²) in [7, 11) is 0. The van der Waals surface area contributed by atoms with Crippen molar-refractivity contribution in [3.8, 4) is 0 Å². The third kappa shape index (κ3) is 4.61. The Morgan fingerprint density at radius 1 is 1.11 bits per heavy atom. The lowest BCUT2D eigenvalue weighted by Crippen LogP contribution is -2.35. The number of ether oxygens (including phenoxy) is 1. The molecule has 7 heteroatoms. The number of carbonyl (C=O) groups excluding carboxylic acids is 2. The maximum atomic E-state index is 13.4. The van der Waals surface area contributed by atoms with E-state index in [1.165, 1.54) is 18.3 Å². The Kier molecular flexibility index (Phi) is 6.01. The molecule has 1 amide bonds. The molecule has 0 spiro atoms. The summed E-state index contributed by atoms with van der Waals surface area (Å²) in [5.74, 6) is -0.215. The molecule has 1 saturated heterocycles. The summed E-state index contributed by atoms with van der Waals surface area (Å²) < 4.78 is 18.3. The van der Waals surface area contributed by atoms with Gasteiger partial charge in [0.05, 0.1) is 12.2 Å². The van der Waals surface area contributed by atoms with Crippen molar-refractivity contribution in [3.05, 3.63) is 59.5 Å². The average molecular weight is 371 g/mol. The quantitative estimate of drug-likeness (QED) is 0.774. The van der Waals surface area contributed by atoms with E-state index in [1.807, 2.05) is 0 Å². The Balaban J connectivity index is 1.64. The van der Waals surface area contributed by atoms with Crippen molar-refractivity contribution in [1.29, 1.82) is 0 Å². The molecule has 1 aromatic heterocycles. The van der Waals surface area contributed by atoms with E-state index in [2.05, 4.69) is 9.88 Å². The molecule has 142 valence electrons. The van der Waals surface area contributed by atoms with Gasteiger partial charge in [0.25, 0.3) is 5.91 Å². The molecule has 2 aromatic rings. The number of anilines is 1. The van der Waals surface area contributed by atoms with Crippen LogP contribution in [0.1, 0.15) is 34.1 Å². The maximum absolute atomic E-state index is 13.4. The maximum Gasteiger partial charge on any atom is 0.339 e. The summed E-state index contributed by atoms with van der Waals surface area (Å²) in [4.78, 5) is 32.5. The van der Waals surface area contributed by atoms with Crippen molar-refractivity contribution in [3.63, 3.8) is 0 Å². The molecule has 1 aliphatic heterocycles. The number of hydrogen-bond donors (Lipinski definition) is 0. The van der Waals surface area contributed by atoms with Crippen molar-refractivity contribution < 1.29 is 18.7 Å². The van der Waals surface area contributed by atoms with Gasteiger partial charge in [0.15, 0.2) is 0 Å². The van der Waals surface area contributed by atoms with Crippen molar-refractivity contribution >= 4 is 17.7 Å². The normalized spacial score (nSPS) is 14.6. The van der Waals surface area contributed by atoms with Gasteiger partial charge in [0, 0.05) is 37.9 Å². The van der Waals surface area contributed by atoms with Crippen LogP contribution >= 0.6 is 0 Å². The number of hydrogen-bond acceptors (Lipinski definition) is 5. The number of halogens is 1. The zero-order chi connectivity index (χ0) is 19.2. The van der Waals surface area contributed by atoms with Crippen LogP contribution in [0.3, 0.4) is 0 Å². The summed E-state index contributed by atoms with van der Waals surface area (Å²) in [5.41, 5.74) is 0.777. The van der Waals surface area contributed by atoms with Gasteiger partial charge in [-0.1, -0.05) is 6.07 Å². The van der Waals surface area contributed by atoms with Gasteiger partial charge in [-0.15, -0.1) is 0 Å². The minimum atomic E-state index is -0.414. The Labute approximate surface area is 157 Å². The van der Waals surface area contributed by atoms with E-state index in [1.54, 1.807) is 36.1 Å². The van der Waals surface area contributed by atoms with E-state index in [0.29, 0.717) is 37.4 Å². The van der Waals surface area contributed by atoms with E-state index in [-0.39, 0.29) is 11.9 Å². The van der Waals surface area contributed by atoms with Crippen LogP contribution in [0, 0.1) is 5.82 Å². The van der Waals surface area contributed by atoms with E-state index >= 15 is 0 Å². The van der Waals surface area contributed by atoms with Gasteiger partial charge in [-0.05, 0) is 43.7 Å². The molecule has 0 radical (unpaired) electrons. The molecule has 0 bridgehead atoms. The summed E-state index contributed by atoms with van der Waals surface area (Å²) in [6.07, 6.45) is 2.29. The second-order valence-electron chi connectivity index (χ2n) is 6.27. The number of amides is 1. The Hall–Kier alpha value is -2.96. The van der Waals surface area contributed by atoms with Crippen LogP contribution in [-0.2, 0) is 4.74 Å². The molecule has 0 N–H and O–H groups in total. The first-order valence-corrected chi connectivity index (χ1v) is 9.01. The van der Waals surface area contributed by atoms with Gasteiger partial charge < -0.3 is 14.5 Å². The smallest absolute Gasteiger partial charge is 0.339 e. The summed E-state index contributed by atoms with van der Waals surface area (Å²) in [6, 6.07) is 9.25. The highest BCUT2D eigenvalue weighted by atomic mass is 19.1. The van der Waals surface area contributed by atoms with Gasteiger partial charge in [-0.3, -0.25) is 4.79 Å². The van der Waals surface area contributed by atoms with Crippen LogP contribution in [0.2, 0.25) is 0 Å². The second-order valence-corrected chi connectivity index (χ2v) is 6.27. The number of pyridine rings is 1. The lowest BCUT2D eigenvalue weighted by Gasteiger charge is -2.23. The molecule has 2 heterocycles. The van der Waals surface area contributed by atoms with Crippen LogP contribution in [0.4, 0.5) is 10.2 Å². The highest BCUT2D eigenvalue weighted by Crippen LogP contribution is 2.16. The van der Waals surface area contributed by atoms with Crippen molar-refractivity contribution in [2.24, 2.45) is 0 Å². The van der Waals surface area contributed by atoms with E-state index in [9.17, 15) is 14.0 Å². The minimum Gasteiger partial charge on any atom is -0.462 e. The van der Waals surface area contributed by atoms with Crippen LogP contribution in [0.25, 0.3) is 0 Å². The molecule has 1 aliphatic rings. The molecule has 0 atom stereocenters. The van der Waals surface area contributed by atoms with Gasteiger partial charge >= 0.3 is 5.97 Å². The van der Waals surface area contributed by atoms with E-state index in [0.717, 1.165) is 18.8 Å². The van der Waals surface area contributed by atoms with Crippen molar-refractivity contribution in [1.82, 2.24) is 9.88 Å². The average Bonchev–Trinajstić information content (AvgIpc) is 2.94. The predicted octanol–water partition coefficient (Wildman–Crippen LogP) is 2.75. The fraction of sp³-hybridized carbons (Fsp3) is 0.350. The largest absolute Gasteiger partial charge is 0.462 e. The van der Waals surface area contributed by atoms with Crippen LogP contribution < -0.4 is 4.90 Å². The fourth-order valence-corrected chi connectivity index (χ4v) is 3.06. The first kappa shape index (κ1) is 18.8. The zero-order valence-corrected chi connectivity index (χ0v) is 15.2. The van der Waals surface area contributed by atoms with Gasteiger partial charge in [0.1, 0.15) is 11.6 Å². The van der Waals surface area contributed by atoms with Gasteiger partial charge in [0.2, 0.25) is 0 Å². The standard InChI is InChI=1S/C20H22FN3O3/c1-2-27-20(26)16-7-8-18(22-14-16)23-9-4-10-24(12-11-23)19(25)15-5-3-6-17(21)13-15/h3,5-8,13-14H,2,4,9-12H2,1H3.